The summed E-state index contributed by atoms with van der Waals surface area (Å²) in [5, 5.41) is 7.81. The molecule has 21 heavy (non-hydrogen) atoms. The van der Waals surface area contributed by atoms with Crippen molar-refractivity contribution in [3.05, 3.63) is 50.1 Å². The lowest BCUT2D eigenvalue weighted by Gasteiger charge is -2.17. The molecule has 0 aliphatic heterocycles. The van der Waals surface area contributed by atoms with Gasteiger partial charge < -0.3 is 5.32 Å². The Morgan fingerprint density at radius 2 is 2.10 bits per heavy atom. The molecule has 0 saturated carbocycles. The van der Waals surface area contributed by atoms with E-state index in [1.807, 2.05) is 36.4 Å². The number of benzene rings is 1. The van der Waals surface area contributed by atoms with Gasteiger partial charge in [-0.3, -0.25) is 9.69 Å². The fourth-order valence-corrected chi connectivity index (χ4v) is 3.07. The molecule has 6 heteroatoms. The van der Waals surface area contributed by atoms with E-state index in [9.17, 15) is 4.79 Å². The van der Waals surface area contributed by atoms with Crippen molar-refractivity contribution in [2.24, 2.45) is 0 Å². The second kappa shape index (κ2) is 7.27. The van der Waals surface area contributed by atoms with Crippen LogP contribution in [0.25, 0.3) is 0 Å². The van der Waals surface area contributed by atoms with Crippen LogP contribution in [0, 0.1) is 6.92 Å². The predicted octanol–water partition coefficient (Wildman–Crippen LogP) is 4.43. The second-order valence-electron chi connectivity index (χ2n) is 4.91. The number of rotatable bonds is 5. The maximum atomic E-state index is 12.1. The van der Waals surface area contributed by atoms with Crippen molar-refractivity contribution < 1.29 is 4.79 Å². The maximum absolute atomic E-state index is 12.1. The average molecular weight is 343 g/mol. The van der Waals surface area contributed by atoms with Gasteiger partial charge in [-0.05, 0) is 48.0 Å². The Labute approximate surface area is 138 Å². The van der Waals surface area contributed by atoms with Gasteiger partial charge in [0.05, 0.1) is 22.3 Å². The highest BCUT2D eigenvalue weighted by molar-refractivity contribution is 7.07. The molecule has 3 nitrogen and oxygen atoms in total. The minimum absolute atomic E-state index is 0.137. The average Bonchev–Trinajstić information content (AvgIpc) is 2.92. The monoisotopic (exact) mass is 342 g/mol. The first kappa shape index (κ1) is 16.3. The first-order chi connectivity index (χ1) is 9.97. The van der Waals surface area contributed by atoms with E-state index in [2.05, 4.69) is 10.7 Å². The van der Waals surface area contributed by atoms with Gasteiger partial charge in [-0.15, -0.1) is 0 Å². The number of hydrogen-bond acceptors (Lipinski definition) is 3. The Morgan fingerprint density at radius 1 is 1.33 bits per heavy atom. The number of thiophene rings is 1. The van der Waals surface area contributed by atoms with Crippen LogP contribution in [-0.2, 0) is 11.3 Å². The molecule has 1 N–H and O–H groups in total. The molecule has 0 radical (unpaired) electrons. The number of anilines is 1. The van der Waals surface area contributed by atoms with E-state index in [4.69, 9.17) is 23.2 Å². The third-order valence-corrected chi connectivity index (χ3v) is 4.53. The van der Waals surface area contributed by atoms with Crippen LogP contribution in [0.3, 0.4) is 0 Å². The van der Waals surface area contributed by atoms with Crippen molar-refractivity contribution >= 4 is 46.1 Å². The fourth-order valence-electron chi connectivity index (χ4n) is 1.95. The summed E-state index contributed by atoms with van der Waals surface area (Å²) in [5.41, 5.74) is 2.55. The number of likely N-dealkylation sites (N-methyl/N-ethyl adjacent to an activating group) is 1. The van der Waals surface area contributed by atoms with Gasteiger partial charge in [0.2, 0.25) is 5.91 Å². The second-order valence-corrected chi connectivity index (χ2v) is 6.47. The van der Waals surface area contributed by atoms with E-state index in [0.29, 0.717) is 15.7 Å². The Balaban J connectivity index is 1.97. The van der Waals surface area contributed by atoms with Crippen LogP contribution < -0.4 is 5.32 Å². The third-order valence-electron chi connectivity index (χ3n) is 2.99. The van der Waals surface area contributed by atoms with Crippen molar-refractivity contribution in [3.63, 3.8) is 0 Å². The molecule has 0 bridgehead atoms. The molecule has 0 spiro atoms. The van der Waals surface area contributed by atoms with Gasteiger partial charge in [-0.2, -0.15) is 11.3 Å². The van der Waals surface area contributed by atoms with Gasteiger partial charge in [0.25, 0.3) is 0 Å². The Morgan fingerprint density at radius 3 is 2.76 bits per heavy atom. The zero-order valence-electron chi connectivity index (χ0n) is 11.8. The van der Waals surface area contributed by atoms with Crippen LogP contribution in [0.5, 0.6) is 0 Å². The summed E-state index contributed by atoms with van der Waals surface area (Å²) in [5.74, 6) is -0.137. The standard InChI is InChI=1S/C15H16Cl2N2OS/c1-10-3-4-12(16)15(14(10)17)18-13(20)8-19(2)7-11-5-6-21-9-11/h3-6,9H,7-8H2,1-2H3,(H,18,20). The van der Waals surface area contributed by atoms with E-state index >= 15 is 0 Å². The number of hydrogen-bond donors (Lipinski definition) is 1. The zero-order chi connectivity index (χ0) is 15.4. The molecule has 0 aliphatic carbocycles. The number of carbonyl (C=O) groups is 1. The third kappa shape index (κ3) is 4.45. The van der Waals surface area contributed by atoms with Crippen molar-refractivity contribution in [1.82, 2.24) is 4.90 Å². The van der Waals surface area contributed by atoms with Crippen molar-refractivity contribution in [1.29, 1.82) is 0 Å². The van der Waals surface area contributed by atoms with Gasteiger partial charge in [-0.1, -0.05) is 29.3 Å². The molecular weight excluding hydrogens is 327 g/mol. The molecule has 1 heterocycles. The van der Waals surface area contributed by atoms with Crippen molar-refractivity contribution in [2.75, 3.05) is 18.9 Å². The number of nitrogens with zero attached hydrogens (tertiary/aromatic N) is 1. The molecule has 0 aliphatic rings. The largest absolute Gasteiger partial charge is 0.322 e. The van der Waals surface area contributed by atoms with E-state index < -0.39 is 0 Å². The molecule has 1 aromatic carbocycles. The lowest BCUT2D eigenvalue weighted by Crippen LogP contribution is -2.29. The molecule has 1 amide bonds. The summed E-state index contributed by atoms with van der Waals surface area (Å²) in [6.45, 7) is 2.87. The molecule has 0 saturated heterocycles. The highest BCUT2D eigenvalue weighted by atomic mass is 35.5. The summed E-state index contributed by atoms with van der Waals surface area (Å²) in [6, 6.07) is 5.60. The Kier molecular flexibility index (Phi) is 5.65. The summed E-state index contributed by atoms with van der Waals surface area (Å²) in [4.78, 5) is 14.0. The Hall–Kier alpha value is -1.07. The molecular formula is C15H16Cl2N2OS. The van der Waals surface area contributed by atoms with Gasteiger partial charge >= 0.3 is 0 Å². The molecule has 112 valence electrons. The van der Waals surface area contributed by atoms with E-state index in [1.54, 1.807) is 17.4 Å². The van der Waals surface area contributed by atoms with E-state index in [0.717, 1.165) is 12.1 Å². The summed E-state index contributed by atoms with van der Waals surface area (Å²) < 4.78 is 0. The van der Waals surface area contributed by atoms with E-state index in [-0.39, 0.29) is 12.5 Å². The number of carbonyl (C=O) groups excluding carboxylic acids is 1. The summed E-state index contributed by atoms with van der Waals surface area (Å²) in [7, 11) is 1.90. The van der Waals surface area contributed by atoms with Gasteiger partial charge in [-0.25, -0.2) is 0 Å². The number of halogens is 2. The maximum Gasteiger partial charge on any atom is 0.238 e. The van der Waals surface area contributed by atoms with E-state index in [1.165, 1.54) is 5.56 Å². The topological polar surface area (TPSA) is 32.3 Å². The molecule has 0 unspecified atom stereocenters. The molecule has 2 aromatic rings. The van der Waals surface area contributed by atoms with Gasteiger partial charge in [0, 0.05) is 6.54 Å². The fraction of sp³-hybridized carbons (Fsp3) is 0.267. The molecule has 0 fully saturated rings. The van der Waals surface area contributed by atoms with Gasteiger partial charge in [0.15, 0.2) is 0 Å². The number of nitrogens with one attached hydrogen (secondary N) is 1. The minimum atomic E-state index is -0.137. The summed E-state index contributed by atoms with van der Waals surface area (Å²) in [6.07, 6.45) is 0. The molecule has 2 rings (SSSR count). The highest BCUT2D eigenvalue weighted by Crippen LogP contribution is 2.32. The lowest BCUT2D eigenvalue weighted by molar-refractivity contribution is -0.117. The predicted molar refractivity (Wildman–Crippen MR) is 90.5 cm³/mol. The van der Waals surface area contributed by atoms with Crippen LogP contribution in [0.2, 0.25) is 10.0 Å². The number of aryl methyl sites for hydroxylation is 1. The summed E-state index contributed by atoms with van der Waals surface area (Å²) >= 11 is 13.9. The van der Waals surface area contributed by atoms with Gasteiger partial charge in [0.1, 0.15) is 0 Å². The first-order valence-electron chi connectivity index (χ1n) is 6.41. The lowest BCUT2D eigenvalue weighted by atomic mass is 10.2. The normalized spacial score (nSPS) is 10.9. The van der Waals surface area contributed by atoms with Crippen LogP contribution in [0.4, 0.5) is 5.69 Å². The SMILES string of the molecule is Cc1ccc(Cl)c(NC(=O)CN(C)Cc2ccsc2)c1Cl. The quantitative estimate of drug-likeness (QED) is 0.871. The number of amides is 1. The van der Waals surface area contributed by atoms with Crippen LogP contribution in [-0.4, -0.2) is 24.4 Å². The zero-order valence-corrected chi connectivity index (χ0v) is 14.1. The smallest absolute Gasteiger partial charge is 0.238 e. The first-order valence-corrected chi connectivity index (χ1v) is 8.11. The van der Waals surface area contributed by atoms with Crippen molar-refractivity contribution in [3.8, 4) is 0 Å². The van der Waals surface area contributed by atoms with Crippen LogP contribution >= 0.6 is 34.5 Å². The molecule has 0 atom stereocenters. The molecule has 1 aromatic heterocycles. The van der Waals surface area contributed by atoms with Crippen molar-refractivity contribution in [2.45, 2.75) is 13.5 Å². The Bertz CT molecular complexity index is 629. The minimum Gasteiger partial charge on any atom is -0.322 e. The van der Waals surface area contributed by atoms with Crippen LogP contribution in [0.15, 0.2) is 29.0 Å². The highest BCUT2D eigenvalue weighted by Gasteiger charge is 2.13. The van der Waals surface area contributed by atoms with Crippen LogP contribution in [0.1, 0.15) is 11.1 Å².